The quantitative estimate of drug-likeness (QED) is 0.481. The number of imidazole rings is 1. The zero-order valence-corrected chi connectivity index (χ0v) is 12.9. The van der Waals surface area contributed by atoms with Gasteiger partial charge in [0.05, 0.1) is 12.8 Å². The van der Waals surface area contributed by atoms with Gasteiger partial charge >= 0.3 is 15.6 Å². The van der Waals surface area contributed by atoms with Crippen molar-refractivity contribution in [3.63, 3.8) is 0 Å². The van der Waals surface area contributed by atoms with Crippen LogP contribution in [-0.2, 0) is 20.8 Å². The molecular weight excluding hydrogens is 313 g/mol. The summed E-state index contributed by atoms with van der Waals surface area (Å²) in [7, 11) is -5.35. The van der Waals surface area contributed by atoms with Gasteiger partial charge in [-0.3, -0.25) is 8.98 Å². The van der Waals surface area contributed by atoms with Crippen molar-refractivity contribution in [1.29, 1.82) is 0 Å². The molecule has 0 bridgehead atoms. The molecule has 0 saturated carbocycles. The van der Waals surface area contributed by atoms with Crippen molar-refractivity contribution < 1.29 is 30.6 Å². The number of rotatable bonds is 4. The highest BCUT2D eigenvalue weighted by Crippen LogP contribution is 2.24. The average Bonchev–Trinajstić information content (AvgIpc) is 2.69. The largest absolute Gasteiger partial charge is 0.523 e. The summed E-state index contributed by atoms with van der Waals surface area (Å²) in [5, 5.41) is 0. The van der Waals surface area contributed by atoms with Crippen LogP contribution >= 0.6 is 0 Å². The van der Waals surface area contributed by atoms with E-state index in [0.29, 0.717) is 5.69 Å². The molecule has 0 atom stereocenters. The van der Waals surface area contributed by atoms with E-state index in [0.717, 1.165) is 19.3 Å². The molecule has 0 saturated heterocycles. The summed E-state index contributed by atoms with van der Waals surface area (Å²) in [6, 6.07) is 0. The maximum Gasteiger partial charge on any atom is 0.523 e. The number of carbonyl (C=O) groups excluding carboxylic acids is 1. The molecule has 21 heavy (non-hydrogen) atoms. The van der Waals surface area contributed by atoms with Gasteiger partial charge in [0, 0.05) is 13.5 Å². The van der Waals surface area contributed by atoms with Crippen LogP contribution in [0.5, 0.6) is 0 Å². The fourth-order valence-electron chi connectivity index (χ4n) is 1.37. The highest BCUT2D eigenvalue weighted by molar-refractivity contribution is 7.87. The fraction of sp³-hybridized carbons (Fsp3) is 0.636. The van der Waals surface area contributed by atoms with Crippen LogP contribution in [0.25, 0.3) is 0 Å². The Morgan fingerprint density at radius 2 is 1.90 bits per heavy atom. The normalized spacial score (nSPS) is 11.8. The van der Waals surface area contributed by atoms with E-state index in [1.54, 1.807) is 13.1 Å². The highest BCUT2D eigenvalue weighted by atomic mass is 32.2. The number of halogens is 3. The molecular formula is C11H17F3N2O4S. The molecule has 1 aromatic rings. The monoisotopic (exact) mass is 330 g/mol. The molecule has 0 fully saturated rings. The summed E-state index contributed by atoms with van der Waals surface area (Å²) in [6.07, 6.45) is 1.63. The molecule has 0 aliphatic rings. The molecule has 0 aliphatic heterocycles. The van der Waals surface area contributed by atoms with E-state index in [-0.39, 0.29) is 5.78 Å². The van der Waals surface area contributed by atoms with Crippen molar-refractivity contribution in [1.82, 2.24) is 9.55 Å². The standard InChI is InChI=1S/C8H12N2O.C3H5F3O3S/c1-4-10-7(3)9-5-8(10)6(2)11;1-2-9-10(7,8)3(4,5)6/h5H,4H2,1-3H3;2H2,1H3. The third-order valence-corrected chi connectivity index (χ3v) is 3.40. The van der Waals surface area contributed by atoms with Gasteiger partial charge in [-0.25, -0.2) is 4.98 Å². The van der Waals surface area contributed by atoms with Gasteiger partial charge in [-0.1, -0.05) is 0 Å². The van der Waals surface area contributed by atoms with E-state index in [9.17, 15) is 26.4 Å². The van der Waals surface area contributed by atoms with E-state index >= 15 is 0 Å². The number of hydrogen-bond donors (Lipinski definition) is 0. The average molecular weight is 330 g/mol. The Morgan fingerprint density at radius 3 is 2.14 bits per heavy atom. The maximum absolute atomic E-state index is 11.3. The van der Waals surface area contributed by atoms with E-state index < -0.39 is 22.2 Å². The minimum absolute atomic E-state index is 0.0763. The Labute approximate surface area is 121 Å². The second-order valence-electron chi connectivity index (χ2n) is 3.80. The second kappa shape index (κ2) is 7.55. The lowest BCUT2D eigenvalue weighted by atomic mass is 10.3. The van der Waals surface area contributed by atoms with Crippen molar-refractivity contribution in [3.8, 4) is 0 Å². The molecule has 122 valence electrons. The topological polar surface area (TPSA) is 78.3 Å². The smallest absolute Gasteiger partial charge is 0.326 e. The Kier molecular flexibility index (Phi) is 7.04. The van der Waals surface area contributed by atoms with Crippen molar-refractivity contribution in [2.24, 2.45) is 0 Å². The zero-order valence-electron chi connectivity index (χ0n) is 12.1. The van der Waals surface area contributed by atoms with Gasteiger partial charge in [-0.15, -0.1) is 0 Å². The molecule has 6 nitrogen and oxygen atoms in total. The van der Waals surface area contributed by atoms with E-state index in [4.69, 9.17) is 0 Å². The molecule has 0 aromatic carbocycles. The number of carbonyl (C=O) groups is 1. The Morgan fingerprint density at radius 1 is 1.38 bits per heavy atom. The predicted octanol–water partition coefficient (Wildman–Crippen LogP) is 2.29. The Bertz CT molecular complexity index is 579. The Hall–Kier alpha value is -1.42. The zero-order chi connectivity index (χ0) is 16.8. The number of nitrogens with zero attached hydrogens (tertiary/aromatic N) is 2. The first kappa shape index (κ1) is 19.6. The van der Waals surface area contributed by atoms with Crippen LogP contribution in [-0.4, -0.2) is 35.9 Å². The predicted molar refractivity (Wildman–Crippen MR) is 69.2 cm³/mol. The van der Waals surface area contributed by atoms with Crippen molar-refractivity contribution in [2.45, 2.75) is 39.7 Å². The van der Waals surface area contributed by atoms with Crippen LogP contribution in [0.2, 0.25) is 0 Å². The van der Waals surface area contributed by atoms with Crippen LogP contribution < -0.4 is 0 Å². The van der Waals surface area contributed by atoms with Crippen molar-refractivity contribution in [3.05, 3.63) is 17.7 Å². The molecule has 1 aromatic heterocycles. The van der Waals surface area contributed by atoms with Gasteiger partial charge in [0.15, 0.2) is 5.78 Å². The lowest BCUT2D eigenvalue weighted by Crippen LogP contribution is -2.25. The SMILES string of the molecule is CCOS(=O)(=O)C(F)(F)F.CCn1c(C(C)=O)cnc1C. The number of ketones is 1. The number of alkyl halides is 3. The highest BCUT2D eigenvalue weighted by Gasteiger charge is 2.46. The maximum atomic E-state index is 11.3. The molecule has 0 unspecified atom stereocenters. The third kappa shape index (κ3) is 5.46. The summed E-state index contributed by atoms with van der Waals surface area (Å²) in [4.78, 5) is 15.0. The lowest BCUT2D eigenvalue weighted by Gasteiger charge is -2.05. The summed E-state index contributed by atoms with van der Waals surface area (Å²) in [5.74, 6) is 0.977. The van der Waals surface area contributed by atoms with Gasteiger partial charge in [0.2, 0.25) is 0 Å². The number of Topliss-reactive ketones (excluding diaryl/α,β-unsaturated/α-hetero) is 1. The number of hydrogen-bond acceptors (Lipinski definition) is 5. The summed E-state index contributed by atoms with van der Waals surface area (Å²) < 4.78 is 59.1. The minimum Gasteiger partial charge on any atom is -0.326 e. The van der Waals surface area contributed by atoms with Crippen molar-refractivity contribution in [2.75, 3.05) is 6.61 Å². The van der Waals surface area contributed by atoms with Gasteiger partial charge in [0.25, 0.3) is 0 Å². The molecule has 0 radical (unpaired) electrons. The molecule has 1 heterocycles. The van der Waals surface area contributed by atoms with Crippen LogP contribution in [0.15, 0.2) is 6.20 Å². The minimum atomic E-state index is -5.35. The van der Waals surface area contributed by atoms with Crippen LogP contribution in [0, 0.1) is 6.92 Å². The van der Waals surface area contributed by atoms with Crippen molar-refractivity contribution >= 4 is 15.9 Å². The first-order chi connectivity index (χ1) is 9.47. The molecule has 1 rings (SSSR count). The summed E-state index contributed by atoms with van der Waals surface area (Å²) in [6.45, 7) is 6.91. The first-order valence-electron chi connectivity index (χ1n) is 5.96. The second-order valence-corrected chi connectivity index (χ2v) is 5.40. The third-order valence-electron chi connectivity index (χ3n) is 2.29. The molecule has 0 amide bonds. The molecule has 10 heteroatoms. The van der Waals surface area contributed by atoms with E-state index in [1.165, 1.54) is 0 Å². The summed E-state index contributed by atoms with van der Waals surface area (Å²) in [5.41, 5.74) is -4.60. The van der Waals surface area contributed by atoms with Crippen LogP contribution in [0.3, 0.4) is 0 Å². The van der Waals surface area contributed by atoms with Gasteiger partial charge in [-0.05, 0) is 20.8 Å². The van der Waals surface area contributed by atoms with Gasteiger partial charge < -0.3 is 4.57 Å². The van der Waals surface area contributed by atoms with E-state index in [2.05, 4.69) is 9.17 Å². The van der Waals surface area contributed by atoms with Crippen LogP contribution in [0.4, 0.5) is 13.2 Å². The first-order valence-corrected chi connectivity index (χ1v) is 7.37. The summed E-state index contributed by atoms with van der Waals surface area (Å²) >= 11 is 0. The fourth-order valence-corrected chi connectivity index (χ4v) is 1.81. The lowest BCUT2D eigenvalue weighted by molar-refractivity contribution is -0.0539. The molecule has 0 aliphatic carbocycles. The van der Waals surface area contributed by atoms with Gasteiger partial charge in [-0.2, -0.15) is 21.6 Å². The Balaban J connectivity index is 0.000000384. The molecule has 0 N–H and O–H groups in total. The van der Waals surface area contributed by atoms with Gasteiger partial charge in [0.1, 0.15) is 11.5 Å². The number of aromatic nitrogens is 2. The number of aryl methyl sites for hydroxylation is 1. The van der Waals surface area contributed by atoms with Crippen LogP contribution in [0.1, 0.15) is 37.1 Å². The van der Waals surface area contributed by atoms with E-state index in [1.807, 2.05) is 18.4 Å². The molecule has 0 spiro atoms.